The molecule has 1 aromatic heterocycles. The van der Waals surface area contributed by atoms with E-state index in [1.807, 2.05) is 14.0 Å². The van der Waals surface area contributed by atoms with E-state index < -0.39 is 0 Å². The number of halogens is 1. The molecule has 4 nitrogen and oxygen atoms in total. The molecule has 1 N–H and O–H groups in total. The topological polar surface area (TPSA) is 46.9 Å². The summed E-state index contributed by atoms with van der Waals surface area (Å²) in [6, 6.07) is 0.243. The molecule has 2 fully saturated rings. The molecule has 0 aliphatic heterocycles. The van der Waals surface area contributed by atoms with Gasteiger partial charge in [-0.3, -0.25) is 9.48 Å². The number of rotatable bonds is 3. The molecule has 5 heteroatoms. The van der Waals surface area contributed by atoms with Crippen LogP contribution in [0.3, 0.4) is 0 Å². The highest BCUT2D eigenvalue weighted by Crippen LogP contribution is 2.49. The largest absolute Gasteiger partial charge is 0.348 e. The first-order valence-electron chi connectivity index (χ1n) is 7.47. The van der Waals surface area contributed by atoms with Crippen LogP contribution in [0.2, 0.25) is 0 Å². The van der Waals surface area contributed by atoms with E-state index in [-0.39, 0.29) is 11.9 Å². The molecule has 4 atom stereocenters. The molecule has 0 spiro atoms. The number of carbonyl (C=O) groups excluding carboxylic acids is 1. The molecule has 2 aliphatic rings. The minimum Gasteiger partial charge on any atom is -0.348 e. The van der Waals surface area contributed by atoms with Gasteiger partial charge in [0.1, 0.15) is 0 Å². The molecule has 2 aliphatic carbocycles. The summed E-state index contributed by atoms with van der Waals surface area (Å²) in [5.74, 6) is 2.33. The van der Waals surface area contributed by atoms with Crippen LogP contribution >= 0.6 is 15.9 Å². The SMILES string of the molecule is Cc1c(Br)c(C(=O)N[C@H](C)[C@@H]2C[C@@H]3CC[C@@H]2C3)nn1C. The summed E-state index contributed by atoms with van der Waals surface area (Å²) >= 11 is 3.46. The summed E-state index contributed by atoms with van der Waals surface area (Å²) < 4.78 is 2.54. The van der Waals surface area contributed by atoms with Crippen molar-refractivity contribution in [1.29, 1.82) is 0 Å². The van der Waals surface area contributed by atoms with E-state index in [4.69, 9.17) is 0 Å². The fourth-order valence-electron chi connectivity index (χ4n) is 4.02. The fraction of sp³-hybridized carbons (Fsp3) is 0.733. The van der Waals surface area contributed by atoms with Crippen molar-refractivity contribution in [3.8, 4) is 0 Å². The van der Waals surface area contributed by atoms with Gasteiger partial charge in [0.05, 0.1) is 10.2 Å². The molecule has 0 saturated heterocycles. The average Bonchev–Trinajstić information content (AvgIpc) is 3.10. The Balaban J connectivity index is 1.68. The Hall–Kier alpha value is -0.840. The van der Waals surface area contributed by atoms with Gasteiger partial charge in [0.25, 0.3) is 5.91 Å². The van der Waals surface area contributed by atoms with Crippen LogP contribution in [0.1, 0.15) is 48.8 Å². The second-order valence-corrected chi connectivity index (χ2v) is 7.27. The maximum Gasteiger partial charge on any atom is 0.273 e. The fourth-order valence-corrected chi connectivity index (χ4v) is 4.53. The zero-order chi connectivity index (χ0) is 14.4. The molecule has 1 amide bonds. The van der Waals surface area contributed by atoms with Crippen molar-refractivity contribution in [1.82, 2.24) is 15.1 Å². The predicted molar refractivity (Wildman–Crippen MR) is 81.5 cm³/mol. The maximum absolute atomic E-state index is 12.4. The van der Waals surface area contributed by atoms with Crippen LogP contribution in [0.4, 0.5) is 0 Å². The Morgan fingerprint density at radius 1 is 1.45 bits per heavy atom. The Kier molecular flexibility index (Phi) is 3.65. The van der Waals surface area contributed by atoms with Gasteiger partial charge in [0.2, 0.25) is 0 Å². The third kappa shape index (κ3) is 2.30. The van der Waals surface area contributed by atoms with Crippen LogP contribution in [0.25, 0.3) is 0 Å². The van der Waals surface area contributed by atoms with Crippen molar-refractivity contribution in [2.45, 2.75) is 45.6 Å². The number of amides is 1. The summed E-state index contributed by atoms with van der Waals surface area (Å²) in [4.78, 5) is 12.4. The van der Waals surface area contributed by atoms with Crippen molar-refractivity contribution < 1.29 is 4.79 Å². The van der Waals surface area contributed by atoms with Gasteiger partial charge in [-0.2, -0.15) is 5.10 Å². The number of hydrogen-bond donors (Lipinski definition) is 1. The summed E-state index contributed by atoms with van der Waals surface area (Å²) in [7, 11) is 1.86. The number of aryl methyl sites for hydroxylation is 1. The molecule has 0 unspecified atom stereocenters. The standard InChI is InChI=1S/C15H22BrN3O/c1-8(12-7-10-4-5-11(12)6-10)17-15(20)14-13(16)9(2)19(3)18-14/h8,10-12H,4-7H2,1-3H3,(H,17,20)/t8-,10-,11-,12+/m1/s1. The van der Waals surface area contributed by atoms with E-state index in [1.165, 1.54) is 25.7 Å². The number of aromatic nitrogens is 2. The van der Waals surface area contributed by atoms with Crippen molar-refractivity contribution in [3.05, 3.63) is 15.9 Å². The lowest BCUT2D eigenvalue weighted by Gasteiger charge is -2.28. The average molecular weight is 340 g/mol. The van der Waals surface area contributed by atoms with Gasteiger partial charge in [-0.15, -0.1) is 0 Å². The van der Waals surface area contributed by atoms with Gasteiger partial charge in [0.15, 0.2) is 5.69 Å². The lowest BCUT2D eigenvalue weighted by atomic mass is 9.84. The zero-order valence-corrected chi connectivity index (χ0v) is 13.9. The van der Waals surface area contributed by atoms with Crippen LogP contribution in [0.5, 0.6) is 0 Å². The number of nitrogens with zero attached hydrogens (tertiary/aromatic N) is 2. The van der Waals surface area contributed by atoms with Gasteiger partial charge in [-0.05, 0) is 66.8 Å². The molecule has 3 rings (SSSR count). The first-order chi connectivity index (χ1) is 9.47. The van der Waals surface area contributed by atoms with Crippen molar-refractivity contribution >= 4 is 21.8 Å². The second kappa shape index (κ2) is 5.17. The van der Waals surface area contributed by atoms with E-state index in [9.17, 15) is 4.79 Å². The van der Waals surface area contributed by atoms with E-state index in [1.54, 1.807) is 4.68 Å². The molecule has 110 valence electrons. The molecule has 20 heavy (non-hydrogen) atoms. The van der Waals surface area contributed by atoms with E-state index >= 15 is 0 Å². The lowest BCUT2D eigenvalue weighted by molar-refractivity contribution is 0.0908. The smallest absolute Gasteiger partial charge is 0.273 e. The highest BCUT2D eigenvalue weighted by molar-refractivity contribution is 9.10. The molecule has 2 bridgehead atoms. The molecule has 1 aromatic rings. The van der Waals surface area contributed by atoms with Gasteiger partial charge >= 0.3 is 0 Å². The Labute approximate surface area is 128 Å². The van der Waals surface area contributed by atoms with E-state index in [2.05, 4.69) is 33.3 Å². The summed E-state index contributed by atoms with van der Waals surface area (Å²) in [5, 5.41) is 7.45. The highest BCUT2D eigenvalue weighted by Gasteiger charge is 2.42. The minimum absolute atomic E-state index is 0.0594. The van der Waals surface area contributed by atoms with E-state index in [0.717, 1.165) is 22.0 Å². The molecule has 0 radical (unpaired) electrons. The second-order valence-electron chi connectivity index (χ2n) is 6.47. The molecular weight excluding hydrogens is 318 g/mol. The monoisotopic (exact) mass is 339 g/mol. The normalized spacial score (nSPS) is 29.7. The summed E-state index contributed by atoms with van der Waals surface area (Å²) in [6.07, 6.45) is 5.40. The van der Waals surface area contributed by atoms with Crippen LogP contribution in [0.15, 0.2) is 4.47 Å². The predicted octanol–water partition coefficient (Wildman–Crippen LogP) is 3.05. The Bertz CT molecular complexity index is 539. The van der Waals surface area contributed by atoms with Crippen molar-refractivity contribution in [3.63, 3.8) is 0 Å². The van der Waals surface area contributed by atoms with Crippen LogP contribution in [-0.2, 0) is 7.05 Å². The van der Waals surface area contributed by atoms with Gasteiger partial charge < -0.3 is 5.32 Å². The summed E-state index contributed by atoms with van der Waals surface area (Å²) in [6.45, 7) is 4.10. The van der Waals surface area contributed by atoms with Crippen molar-refractivity contribution in [2.75, 3.05) is 0 Å². The molecular formula is C15H22BrN3O. The van der Waals surface area contributed by atoms with Crippen molar-refractivity contribution in [2.24, 2.45) is 24.8 Å². The number of carbonyl (C=O) groups is 1. The quantitative estimate of drug-likeness (QED) is 0.919. The number of fused-ring (bicyclic) bond motifs is 2. The summed E-state index contributed by atoms with van der Waals surface area (Å²) in [5.41, 5.74) is 1.47. The lowest BCUT2D eigenvalue weighted by Crippen LogP contribution is -2.40. The highest BCUT2D eigenvalue weighted by atomic mass is 79.9. The Morgan fingerprint density at radius 2 is 2.20 bits per heavy atom. The Morgan fingerprint density at radius 3 is 2.70 bits per heavy atom. The van der Waals surface area contributed by atoms with Gasteiger partial charge in [-0.1, -0.05) is 6.42 Å². The number of nitrogens with one attached hydrogen (secondary N) is 1. The van der Waals surface area contributed by atoms with Crippen LogP contribution < -0.4 is 5.32 Å². The first-order valence-corrected chi connectivity index (χ1v) is 8.26. The molecule has 1 heterocycles. The van der Waals surface area contributed by atoms with Crippen LogP contribution in [-0.4, -0.2) is 21.7 Å². The molecule has 2 saturated carbocycles. The van der Waals surface area contributed by atoms with Gasteiger partial charge in [0, 0.05) is 13.1 Å². The maximum atomic E-state index is 12.4. The first kappa shape index (κ1) is 14.1. The molecule has 0 aromatic carbocycles. The zero-order valence-electron chi connectivity index (χ0n) is 12.3. The minimum atomic E-state index is -0.0594. The van der Waals surface area contributed by atoms with Gasteiger partial charge in [-0.25, -0.2) is 0 Å². The van der Waals surface area contributed by atoms with Crippen LogP contribution in [0, 0.1) is 24.7 Å². The number of hydrogen-bond acceptors (Lipinski definition) is 2. The third-order valence-electron chi connectivity index (χ3n) is 5.27. The van der Waals surface area contributed by atoms with E-state index in [0.29, 0.717) is 11.6 Å². The third-order valence-corrected chi connectivity index (χ3v) is 6.22.